The van der Waals surface area contributed by atoms with Gasteiger partial charge in [0.2, 0.25) is 0 Å². The maximum atomic E-state index is 13.1. The zero-order valence-electron chi connectivity index (χ0n) is 15.6. The number of benzene rings is 2. The van der Waals surface area contributed by atoms with Gasteiger partial charge >= 0.3 is 0 Å². The molecule has 6 heteroatoms. The van der Waals surface area contributed by atoms with Crippen LogP contribution in [0.2, 0.25) is 0 Å². The molecule has 0 saturated heterocycles. The van der Waals surface area contributed by atoms with Gasteiger partial charge in [0.05, 0.1) is 19.2 Å². The molecule has 1 aliphatic rings. The average molecular weight is 375 g/mol. The summed E-state index contributed by atoms with van der Waals surface area (Å²) in [4.78, 5) is 19.0. The van der Waals surface area contributed by atoms with Crippen LogP contribution >= 0.6 is 0 Å². The Morgan fingerprint density at radius 1 is 1.14 bits per heavy atom. The number of fused-ring (bicyclic) bond motifs is 1. The molecule has 4 rings (SSSR count). The minimum atomic E-state index is -0.0442. The molecule has 0 bridgehead atoms. The Morgan fingerprint density at radius 3 is 2.79 bits per heavy atom. The summed E-state index contributed by atoms with van der Waals surface area (Å²) in [6.45, 7) is 1.46. The Bertz CT molecular complexity index is 1000. The molecule has 1 amide bonds. The van der Waals surface area contributed by atoms with Crippen LogP contribution in [-0.4, -0.2) is 36.1 Å². The van der Waals surface area contributed by atoms with Crippen molar-refractivity contribution >= 4 is 11.7 Å². The molecule has 1 aromatic heterocycles. The lowest BCUT2D eigenvalue weighted by molar-refractivity contribution is 0.0743. The second-order valence-corrected chi connectivity index (χ2v) is 6.61. The van der Waals surface area contributed by atoms with Crippen molar-refractivity contribution in [2.24, 2.45) is 0 Å². The number of carbonyl (C=O) groups is 1. The number of methoxy groups -OCH3 is 1. The first-order chi connectivity index (χ1) is 13.6. The topological polar surface area (TPSA) is 77.7 Å². The average Bonchev–Trinajstić information content (AvgIpc) is 2.87. The molecule has 0 saturated carbocycles. The first-order valence-corrected chi connectivity index (χ1v) is 9.05. The van der Waals surface area contributed by atoms with E-state index in [1.165, 1.54) is 0 Å². The third-order valence-electron chi connectivity index (χ3n) is 4.75. The molecule has 0 spiro atoms. The number of pyridine rings is 1. The highest BCUT2D eigenvalue weighted by Gasteiger charge is 2.24. The number of nitrogen functional groups attached to an aromatic ring is 1. The Morgan fingerprint density at radius 2 is 2.00 bits per heavy atom. The van der Waals surface area contributed by atoms with E-state index in [4.69, 9.17) is 15.2 Å². The number of amides is 1. The zero-order chi connectivity index (χ0) is 19.5. The van der Waals surface area contributed by atoms with E-state index < -0.39 is 0 Å². The SMILES string of the molecule is COc1cccc(CN2CCOc3cc(-c4ccc(N)nc4)ccc3C2=O)c1. The normalized spacial score (nSPS) is 13.5. The van der Waals surface area contributed by atoms with Gasteiger partial charge in [-0.2, -0.15) is 0 Å². The number of aromatic nitrogens is 1. The standard InChI is InChI=1S/C22H21N3O3/c1-27-18-4-2-3-15(11-18)14-25-9-10-28-20-12-16(5-7-19(20)22(25)26)17-6-8-21(23)24-13-17/h2-8,11-13H,9-10,14H2,1H3,(H2,23,24). The number of rotatable bonds is 4. The molecule has 0 atom stereocenters. The maximum absolute atomic E-state index is 13.1. The molecule has 0 radical (unpaired) electrons. The lowest BCUT2D eigenvalue weighted by Gasteiger charge is -2.20. The highest BCUT2D eigenvalue weighted by atomic mass is 16.5. The number of ether oxygens (including phenoxy) is 2. The van der Waals surface area contributed by atoms with Crippen molar-refractivity contribution in [2.45, 2.75) is 6.54 Å². The van der Waals surface area contributed by atoms with E-state index in [2.05, 4.69) is 4.98 Å². The Hall–Kier alpha value is -3.54. The number of hydrogen-bond acceptors (Lipinski definition) is 5. The summed E-state index contributed by atoms with van der Waals surface area (Å²) in [5.74, 6) is 1.79. The fraction of sp³-hybridized carbons (Fsp3) is 0.182. The first kappa shape index (κ1) is 17.9. The molecule has 2 aromatic carbocycles. The molecule has 2 heterocycles. The molecule has 28 heavy (non-hydrogen) atoms. The van der Waals surface area contributed by atoms with E-state index in [1.807, 2.05) is 48.5 Å². The van der Waals surface area contributed by atoms with Gasteiger partial charge in [0.15, 0.2) is 0 Å². The summed E-state index contributed by atoms with van der Waals surface area (Å²) in [5, 5.41) is 0. The molecule has 1 aliphatic heterocycles. The van der Waals surface area contributed by atoms with E-state index in [1.54, 1.807) is 24.3 Å². The monoisotopic (exact) mass is 375 g/mol. The van der Waals surface area contributed by atoms with E-state index in [-0.39, 0.29) is 5.91 Å². The number of carbonyl (C=O) groups excluding carboxylic acids is 1. The molecule has 0 unspecified atom stereocenters. The molecule has 3 aromatic rings. The molecule has 0 fully saturated rings. The lowest BCUT2D eigenvalue weighted by atomic mass is 10.0. The molecule has 0 aliphatic carbocycles. The van der Waals surface area contributed by atoms with Crippen molar-refractivity contribution < 1.29 is 14.3 Å². The van der Waals surface area contributed by atoms with Crippen molar-refractivity contribution in [1.29, 1.82) is 0 Å². The highest BCUT2D eigenvalue weighted by Crippen LogP contribution is 2.30. The van der Waals surface area contributed by atoms with Gasteiger partial charge in [-0.3, -0.25) is 4.79 Å². The molecule has 142 valence electrons. The number of hydrogen-bond donors (Lipinski definition) is 1. The van der Waals surface area contributed by atoms with Gasteiger partial charge in [0.1, 0.15) is 23.9 Å². The van der Waals surface area contributed by atoms with Crippen molar-refractivity contribution in [3.8, 4) is 22.6 Å². The van der Waals surface area contributed by atoms with Crippen LogP contribution in [0.25, 0.3) is 11.1 Å². The van der Waals surface area contributed by atoms with Crippen LogP contribution in [0.5, 0.6) is 11.5 Å². The van der Waals surface area contributed by atoms with Gasteiger partial charge < -0.3 is 20.1 Å². The fourth-order valence-corrected chi connectivity index (χ4v) is 3.25. The van der Waals surface area contributed by atoms with Gasteiger partial charge in [0, 0.05) is 18.3 Å². The number of anilines is 1. The molecular formula is C22H21N3O3. The number of nitrogens with zero attached hydrogens (tertiary/aromatic N) is 2. The van der Waals surface area contributed by atoms with Gasteiger partial charge in [0.25, 0.3) is 5.91 Å². The van der Waals surface area contributed by atoms with Gasteiger partial charge in [-0.15, -0.1) is 0 Å². The van der Waals surface area contributed by atoms with E-state index in [0.717, 1.165) is 22.4 Å². The predicted molar refractivity (Wildman–Crippen MR) is 107 cm³/mol. The third-order valence-corrected chi connectivity index (χ3v) is 4.75. The molecular weight excluding hydrogens is 354 g/mol. The summed E-state index contributed by atoms with van der Waals surface area (Å²) in [6, 6.07) is 17.0. The quantitative estimate of drug-likeness (QED) is 0.756. The molecule has 2 N–H and O–H groups in total. The van der Waals surface area contributed by atoms with E-state index in [9.17, 15) is 4.79 Å². The highest BCUT2D eigenvalue weighted by molar-refractivity contribution is 5.98. The van der Waals surface area contributed by atoms with Crippen LogP contribution in [0.15, 0.2) is 60.8 Å². The van der Waals surface area contributed by atoms with Crippen LogP contribution in [0.1, 0.15) is 15.9 Å². The van der Waals surface area contributed by atoms with Crippen molar-refractivity contribution in [2.75, 3.05) is 26.0 Å². The predicted octanol–water partition coefficient (Wildman–Crippen LogP) is 3.37. The number of nitrogens with two attached hydrogens (primary N) is 1. The fourth-order valence-electron chi connectivity index (χ4n) is 3.25. The van der Waals surface area contributed by atoms with Crippen molar-refractivity contribution in [3.63, 3.8) is 0 Å². The second kappa shape index (κ2) is 7.60. The van der Waals surface area contributed by atoms with Crippen LogP contribution in [0, 0.1) is 0 Å². The van der Waals surface area contributed by atoms with Gasteiger partial charge in [-0.05, 0) is 47.5 Å². The van der Waals surface area contributed by atoms with E-state index in [0.29, 0.717) is 36.8 Å². The van der Waals surface area contributed by atoms with Crippen LogP contribution in [0.4, 0.5) is 5.82 Å². The van der Waals surface area contributed by atoms with Crippen molar-refractivity contribution in [1.82, 2.24) is 9.88 Å². The summed E-state index contributed by atoms with van der Waals surface area (Å²) in [5.41, 5.74) is 9.09. The first-order valence-electron chi connectivity index (χ1n) is 9.05. The minimum absolute atomic E-state index is 0.0442. The Kier molecular flexibility index (Phi) is 4.85. The summed E-state index contributed by atoms with van der Waals surface area (Å²) >= 11 is 0. The van der Waals surface area contributed by atoms with Gasteiger partial charge in [-0.1, -0.05) is 18.2 Å². The summed E-state index contributed by atoms with van der Waals surface area (Å²) < 4.78 is 11.2. The zero-order valence-corrected chi connectivity index (χ0v) is 15.6. The van der Waals surface area contributed by atoms with Crippen molar-refractivity contribution in [3.05, 3.63) is 71.9 Å². The minimum Gasteiger partial charge on any atom is -0.497 e. The summed E-state index contributed by atoms with van der Waals surface area (Å²) in [7, 11) is 1.63. The molecule has 6 nitrogen and oxygen atoms in total. The van der Waals surface area contributed by atoms with Crippen LogP contribution < -0.4 is 15.2 Å². The van der Waals surface area contributed by atoms with E-state index >= 15 is 0 Å². The van der Waals surface area contributed by atoms with Crippen LogP contribution in [-0.2, 0) is 6.54 Å². The summed E-state index contributed by atoms with van der Waals surface area (Å²) in [6.07, 6.45) is 1.71. The Balaban J connectivity index is 1.60. The van der Waals surface area contributed by atoms with Crippen LogP contribution in [0.3, 0.4) is 0 Å². The largest absolute Gasteiger partial charge is 0.497 e. The maximum Gasteiger partial charge on any atom is 0.258 e. The van der Waals surface area contributed by atoms with Gasteiger partial charge in [-0.25, -0.2) is 4.98 Å². The lowest BCUT2D eigenvalue weighted by Crippen LogP contribution is -2.31. The Labute approximate surface area is 163 Å². The second-order valence-electron chi connectivity index (χ2n) is 6.61. The smallest absolute Gasteiger partial charge is 0.258 e. The third kappa shape index (κ3) is 3.62.